The standard InChI is InChI=1S/C20H24N4O2S/c1-14(25)21-11-15-3-5-16(6-4-15)17-12-27-19(22-17)23-18(26)20-7-2-9-24(13-20)10-8-20/h3-6,12H,2,7-11,13H2,1H3,(H,21,25)(H,22,23,26). The molecule has 2 aliphatic rings. The van der Waals surface area contributed by atoms with Gasteiger partial charge >= 0.3 is 0 Å². The molecule has 6 nitrogen and oxygen atoms in total. The summed E-state index contributed by atoms with van der Waals surface area (Å²) in [5.74, 6) is 0.0815. The average molecular weight is 385 g/mol. The van der Waals surface area contributed by atoms with Crippen molar-refractivity contribution in [3.8, 4) is 11.3 Å². The second-order valence-corrected chi connectivity index (χ2v) is 8.37. The van der Waals surface area contributed by atoms with Gasteiger partial charge in [-0.2, -0.15) is 0 Å². The summed E-state index contributed by atoms with van der Waals surface area (Å²) in [5.41, 5.74) is 2.67. The van der Waals surface area contributed by atoms with Crippen LogP contribution in [0.3, 0.4) is 0 Å². The van der Waals surface area contributed by atoms with E-state index in [0.29, 0.717) is 11.7 Å². The predicted octanol–water partition coefficient (Wildman–Crippen LogP) is 2.87. The first-order chi connectivity index (χ1) is 13.0. The summed E-state index contributed by atoms with van der Waals surface area (Å²) in [4.78, 5) is 30.8. The molecule has 142 valence electrons. The van der Waals surface area contributed by atoms with Crippen molar-refractivity contribution >= 4 is 28.3 Å². The van der Waals surface area contributed by atoms with E-state index >= 15 is 0 Å². The summed E-state index contributed by atoms with van der Waals surface area (Å²) < 4.78 is 0. The lowest BCUT2D eigenvalue weighted by atomic mass is 9.80. The molecule has 0 spiro atoms. The third-order valence-corrected chi connectivity index (χ3v) is 6.32. The fraction of sp³-hybridized carbons (Fsp3) is 0.450. The summed E-state index contributed by atoms with van der Waals surface area (Å²) >= 11 is 1.46. The lowest BCUT2D eigenvalue weighted by Gasteiger charge is -2.32. The Morgan fingerprint density at radius 3 is 2.81 bits per heavy atom. The number of amides is 2. The molecule has 7 heteroatoms. The molecule has 2 bridgehead atoms. The van der Waals surface area contributed by atoms with Gasteiger partial charge in [-0.05, 0) is 37.9 Å². The van der Waals surface area contributed by atoms with E-state index in [0.717, 1.165) is 55.7 Å². The Bertz CT molecular complexity index is 844. The summed E-state index contributed by atoms with van der Waals surface area (Å²) in [6.07, 6.45) is 3.03. The predicted molar refractivity (Wildman–Crippen MR) is 106 cm³/mol. The maximum Gasteiger partial charge on any atom is 0.233 e. The number of benzene rings is 1. The van der Waals surface area contributed by atoms with Crippen molar-refractivity contribution < 1.29 is 9.59 Å². The zero-order chi connectivity index (χ0) is 18.9. The largest absolute Gasteiger partial charge is 0.352 e. The highest BCUT2D eigenvalue weighted by Crippen LogP contribution is 2.40. The molecule has 0 aliphatic carbocycles. The molecule has 2 unspecified atom stereocenters. The van der Waals surface area contributed by atoms with Gasteiger partial charge in [0, 0.05) is 31.0 Å². The van der Waals surface area contributed by atoms with Gasteiger partial charge in [0.1, 0.15) is 0 Å². The zero-order valence-corrected chi connectivity index (χ0v) is 16.3. The van der Waals surface area contributed by atoms with Crippen molar-refractivity contribution in [1.29, 1.82) is 0 Å². The molecule has 2 atom stereocenters. The van der Waals surface area contributed by atoms with Gasteiger partial charge in [-0.3, -0.25) is 9.59 Å². The lowest BCUT2D eigenvalue weighted by Crippen LogP contribution is -2.42. The monoisotopic (exact) mass is 384 g/mol. The molecule has 3 heterocycles. The quantitative estimate of drug-likeness (QED) is 0.831. The Labute approximate surface area is 163 Å². The number of carbonyl (C=O) groups excluding carboxylic acids is 2. The van der Waals surface area contributed by atoms with Crippen LogP contribution in [0, 0.1) is 5.41 Å². The molecule has 0 radical (unpaired) electrons. The smallest absolute Gasteiger partial charge is 0.233 e. The van der Waals surface area contributed by atoms with Gasteiger partial charge in [0.2, 0.25) is 11.8 Å². The van der Waals surface area contributed by atoms with E-state index in [4.69, 9.17) is 0 Å². The summed E-state index contributed by atoms with van der Waals surface area (Å²) in [7, 11) is 0. The second kappa shape index (κ2) is 7.40. The molecular weight excluding hydrogens is 360 g/mol. The Morgan fingerprint density at radius 2 is 2.04 bits per heavy atom. The number of hydrogen-bond donors (Lipinski definition) is 2. The van der Waals surface area contributed by atoms with Gasteiger partial charge in [0.25, 0.3) is 0 Å². The Hall–Kier alpha value is -2.25. The van der Waals surface area contributed by atoms with Crippen LogP contribution >= 0.6 is 11.3 Å². The number of anilines is 1. The molecular formula is C20H24N4O2S. The fourth-order valence-corrected chi connectivity index (χ4v) is 4.72. The van der Waals surface area contributed by atoms with Crippen LogP contribution < -0.4 is 10.6 Å². The highest BCUT2D eigenvalue weighted by molar-refractivity contribution is 7.14. The highest BCUT2D eigenvalue weighted by atomic mass is 32.1. The number of carbonyl (C=O) groups is 2. The minimum Gasteiger partial charge on any atom is -0.352 e. The van der Waals surface area contributed by atoms with Gasteiger partial charge in [0.15, 0.2) is 5.13 Å². The van der Waals surface area contributed by atoms with E-state index in [1.54, 1.807) is 0 Å². The van der Waals surface area contributed by atoms with E-state index in [9.17, 15) is 9.59 Å². The highest BCUT2D eigenvalue weighted by Gasteiger charge is 2.46. The number of nitrogens with zero attached hydrogens (tertiary/aromatic N) is 2. The van der Waals surface area contributed by atoms with Gasteiger partial charge in [-0.15, -0.1) is 11.3 Å². The van der Waals surface area contributed by atoms with Crippen molar-refractivity contribution in [2.45, 2.75) is 32.7 Å². The molecule has 1 aromatic carbocycles. The topological polar surface area (TPSA) is 74.3 Å². The first-order valence-electron chi connectivity index (χ1n) is 9.37. The van der Waals surface area contributed by atoms with E-state index in [1.165, 1.54) is 18.3 Å². The third kappa shape index (κ3) is 3.89. The molecule has 2 fully saturated rings. The normalized spacial score (nSPS) is 23.8. The molecule has 27 heavy (non-hydrogen) atoms. The van der Waals surface area contributed by atoms with Gasteiger partial charge in [-0.1, -0.05) is 24.3 Å². The number of rotatable bonds is 5. The van der Waals surface area contributed by atoms with E-state index in [-0.39, 0.29) is 17.2 Å². The van der Waals surface area contributed by atoms with Crippen LogP contribution in [0.4, 0.5) is 5.13 Å². The van der Waals surface area contributed by atoms with Crippen LogP contribution in [0.2, 0.25) is 0 Å². The van der Waals surface area contributed by atoms with Gasteiger partial charge in [0.05, 0.1) is 11.1 Å². The summed E-state index contributed by atoms with van der Waals surface area (Å²) in [5, 5.41) is 8.48. The molecule has 2 aliphatic heterocycles. The van der Waals surface area contributed by atoms with Crippen LogP contribution in [0.15, 0.2) is 29.6 Å². The lowest BCUT2D eigenvalue weighted by molar-refractivity contribution is -0.126. The van der Waals surface area contributed by atoms with Crippen molar-refractivity contribution in [2.24, 2.45) is 5.41 Å². The van der Waals surface area contributed by atoms with Crippen molar-refractivity contribution in [3.63, 3.8) is 0 Å². The molecule has 2 aromatic rings. The Balaban J connectivity index is 1.41. The van der Waals surface area contributed by atoms with E-state index in [2.05, 4.69) is 20.5 Å². The maximum atomic E-state index is 12.9. The Kier molecular flexibility index (Phi) is 4.97. The molecule has 1 aromatic heterocycles. The van der Waals surface area contributed by atoms with Crippen LogP contribution in [0.5, 0.6) is 0 Å². The molecule has 2 saturated heterocycles. The average Bonchev–Trinajstić information content (AvgIpc) is 3.25. The van der Waals surface area contributed by atoms with E-state index in [1.807, 2.05) is 29.6 Å². The second-order valence-electron chi connectivity index (χ2n) is 7.51. The van der Waals surface area contributed by atoms with Gasteiger partial charge in [-0.25, -0.2) is 4.98 Å². The van der Waals surface area contributed by atoms with Crippen molar-refractivity contribution in [1.82, 2.24) is 15.2 Å². The molecule has 2 amide bonds. The first kappa shape index (κ1) is 18.1. The summed E-state index contributed by atoms with van der Waals surface area (Å²) in [6, 6.07) is 7.95. The molecule has 2 N–H and O–H groups in total. The number of piperidine rings is 1. The summed E-state index contributed by atoms with van der Waals surface area (Å²) in [6.45, 7) is 5.06. The van der Waals surface area contributed by atoms with Gasteiger partial charge < -0.3 is 15.5 Å². The van der Waals surface area contributed by atoms with E-state index < -0.39 is 0 Å². The van der Waals surface area contributed by atoms with Crippen LogP contribution in [0.25, 0.3) is 11.3 Å². The number of aromatic nitrogens is 1. The SMILES string of the molecule is CC(=O)NCc1ccc(-c2csc(NC(=O)C34CCCN(CC3)C4)n2)cc1. The third-order valence-electron chi connectivity index (χ3n) is 5.56. The number of fused-ring (bicyclic) bond motifs is 2. The maximum absolute atomic E-state index is 12.9. The number of hydrogen-bond acceptors (Lipinski definition) is 5. The van der Waals surface area contributed by atoms with Crippen LogP contribution in [-0.4, -0.2) is 41.3 Å². The van der Waals surface area contributed by atoms with Crippen molar-refractivity contribution in [2.75, 3.05) is 25.0 Å². The van der Waals surface area contributed by atoms with Crippen LogP contribution in [0.1, 0.15) is 31.7 Å². The number of nitrogens with one attached hydrogen (secondary N) is 2. The number of thiazole rings is 1. The molecule has 4 rings (SSSR count). The van der Waals surface area contributed by atoms with Crippen molar-refractivity contribution in [3.05, 3.63) is 35.2 Å². The Morgan fingerprint density at radius 1 is 1.22 bits per heavy atom. The first-order valence-corrected chi connectivity index (χ1v) is 10.3. The minimum atomic E-state index is -0.227. The zero-order valence-electron chi connectivity index (χ0n) is 15.5. The fourth-order valence-electron chi connectivity index (χ4n) is 4.01. The minimum absolute atomic E-state index is 0.0400. The van der Waals surface area contributed by atoms with Crippen LogP contribution in [-0.2, 0) is 16.1 Å². The molecule has 0 saturated carbocycles.